The first-order chi connectivity index (χ1) is 11.7. The van der Waals surface area contributed by atoms with E-state index in [0.717, 1.165) is 12.1 Å². The number of aliphatic hydroxyl groups is 1. The first-order valence-corrected chi connectivity index (χ1v) is 7.92. The number of alkyl halides is 3. The van der Waals surface area contributed by atoms with Gasteiger partial charge in [-0.2, -0.15) is 18.7 Å². The van der Waals surface area contributed by atoms with Crippen molar-refractivity contribution in [3.05, 3.63) is 57.8 Å². The number of aromatic nitrogens is 1. The summed E-state index contributed by atoms with van der Waals surface area (Å²) in [6.07, 6.45) is -1.76. The minimum absolute atomic E-state index is 0.00124. The molecule has 0 saturated carbocycles. The van der Waals surface area contributed by atoms with Crippen LogP contribution in [0.3, 0.4) is 0 Å². The molecule has 5 nitrogen and oxygen atoms in total. The number of hydroxylamine groups is 1. The van der Waals surface area contributed by atoms with Crippen molar-refractivity contribution in [1.29, 1.82) is 0 Å². The molecule has 0 aliphatic rings. The van der Waals surface area contributed by atoms with E-state index in [-0.39, 0.29) is 28.0 Å². The quantitative estimate of drug-likeness (QED) is 0.726. The number of carbonyl (C=O) groups excluding carboxylic acids is 1. The lowest BCUT2D eigenvalue weighted by molar-refractivity contribution is -0.138. The Morgan fingerprint density at radius 3 is 2.72 bits per heavy atom. The summed E-state index contributed by atoms with van der Waals surface area (Å²) >= 11 is 2.85. The number of aliphatic hydroxyl groups excluding tert-OH is 1. The van der Waals surface area contributed by atoms with Crippen LogP contribution < -0.4 is 10.3 Å². The monoisotopic (exact) mass is 418 g/mol. The van der Waals surface area contributed by atoms with Crippen molar-refractivity contribution in [2.45, 2.75) is 19.0 Å². The average Bonchev–Trinajstić information content (AvgIpc) is 2.58. The number of nitrogens with zero attached hydrogens (tertiary/aromatic N) is 1. The molecule has 0 bridgehead atoms. The summed E-state index contributed by atoms with van der Waals surface area (Å²) in [6.45, 7) is 1.16. The zero-order valence-electron chi connectivity index (χ0n) is 13.0. The number of rotatable bonds is 5. The minimum Gasteiger partial charge on any atom is -0.396 e. The van der Waals surface area contributed by atoms with Crippen LogP contribution in [0.4, 0.5) is 13.2 Å². The normalized spacial score (nSPS) is 12.6. The van der Waals surface area contributed by atoms with Gasteiger partial charge in [-0.15, -0.1) is 0 Å². The first-order valence-electron chi connectivity index (χ1n) is 7.12. The predicted octanol–water partition coefficient (Wildman–Crippen LogP) is 3.68. The van der Waals surface area contributed by atoms with E-state index in [1.165, 1.54) is 18.5 Å². The van der Waals surface area contributed by atoms with Crippen molar-refractivity contribution in [2.24, 2.45) is 0 Å². The fourth-order valence-corrected chi connectivity index (χ4v) is 2.57. The average molecular weight is 419 g/mol. The second kappa shape index (κ2) is 7.83. The van der Waals surface area contributed by atoms with Crippen molar-refractivity contribution in [2.75, 3.05) is 6.61 Å². The number of nitrogens with one attached hydrogen (secondary N) is 1. The Hall–Kier alpha value is -2.13. The molecule has 0 fully saturated rings. The third kappa shape index (κ3) is 4.70. The molecule has 134 valence electrons. The van der Waals surface area contributed by atoms with Gasteiger partial charge < -0.3 is 9.94 Å². The number of hydrogen-bond donors (Lipinski definition) is 2. The molecule has 0 unspecified atom stereocenters. The van der Waals surface area contributed by atoms with Gasteiger partial charge in [-0.05, 0) is 24.3 Å². The molecule has 0 radical (unpaired) electrons. The number of pyridine rings is 1. The van der Waals surface area contributed by atoms with Crippen LogP contribution in [0, 0.1) is 0 Å². The number of hydrogen-bond acceptors (Lipinski definition) is 4. The van der Waals surface area contributed by atoms with E-state index < -0.39 is 23.6 Å². The van der Waals surface area contributed by atoms with E-state index in [2.05, 4.69) is 26.4 Å². The van der Waals surface area contributed by atoms with Crippen molar-refractivity contribution >= 4 is 21.8 Å². The second-order valence-electron chi connectivity index (χ2n) is 5.23. The van der Waals surface area contributed by atoms with Crippen LogP contribution in [0.1, 0.15) is 34.3 Å². The third-order valence-electron chi connectivity index (χ3n) is 3.39. The largest absolute Gasteiger partial charge is 0.417 e. The molecular weight excluding hydrogens is 405 g/mol. The fraction of sp³-hybridized carbons (Fsp3) is 0.250. The van der Waals surface area contributed by atoms with Gasteiger partial charge in [0.2, 0.25) is 0 Å². The van der Waals surface area contributed by atoms with Gasteiger partial charge in [0, 0.05) is 35.0 Å². The Bertz CT molecular complexity index is 754. The van der Waals surface area contributed by atoms with Crippen LogP contribution in [0.15, 0.2) is 41.1 Å². The van der Waals surface area contributed by atoms with E-state index in [0.29, 0.717) is 0 Å². The minimum atomic E-state index is -4.57. The third-order valence-corrected chi connectivity index (χ3v) is 4.04. The molecular formula is C16H14BrF3N2O3. The molecule has 0 saturated heterocycles. The molecule has 1 atom stereocenters. The van der Waals surface area contributed by atoms with Crippen LogP contribution in [0.25, 0.3) is 0 Å². The van der Waals surface area contributed by atoms with E-state index >= 15 is 0 Å². The van der Waals surface area contributed by atoms with Crippen molar-refractivity contribution in [1.82, 2.24) is 10.5 Å². The van der Waals surface area contributed by atoms with Crippen molar-refractivity contribution < 1.29 is 27.9 Å². The maximum atomic E-state index is 13.1. The summed E-state index contributed by atoms with van der Waals surface area (Å²) < 4.78 is 38.9. The molecule has 2 rings (SSSR count). The highest BCUT2D eigenvalue weighted by atomic mass is 79.9. The summed E-state index contributed by atoms with van der Waals surface area (Å²) in [7, 11) is 0. The summed E-state index contributed by atoms with van der Waals surface area (Å²) in [5.41, 5.74) is 1.61. The van der Waals surface area contributed by atoms with Gasteiger partial charge in [-0.25, -0.2) is 0 Å². The lowest BCUT2D eigenvalue weighted by Gasteiger charge is -2.19. The second-order valence-corrected chi connectivity index (χ2v) is 6.08. The van der Waals surface area contributed by atoms with Gasteiger partial charge in [-0.1, -0.05) is 22.9 Å². The molecule has 2 N–H and O–H groups in total. The summed E-state index contributed by atoms with van der Waals surface area (Å²) in [4.78, 5) is 20.9. The fourth-order valence-electron chi connectivity index (χ4n) is 2.02. The SMILES string of the molecule is C[C@@H](CO)c1cc(C(F)(F)F)c(Br)cc1ONC(=O)c1cccnc1. The van der Waals surface area contributed by atoms with E-state index in [1.807, 2.05) is 0 Å². The Labute approximate surface area is 149 Å². The molecule has 1 amide bonds. The van der Waals surface area contributed by atoms with E-state index in [9.17, 15) is 23.1 Å². The Morgan fingerprint density at radius 1 is 1.44 bits per heavy atom. The van der Waals surface area contributed by atoms with E-state index in [4.69, 9.17) is 4.84 Å². The maximum absolute atomic E-state index is 13.1. The maximum Gasteiger partial charge on any atom is 0.417 e. The molecule has 1 aromatic heterocycles. The number of amides is 1. The Morgan fingerprint density at radius 2 is 2.16 bits per heavy atom. The highest BCUT2D eigenvalue weighted by Gasteiger charge is 2.34. The van der Waals surface area contributed by atoms with Crippen LogP contribution in [-0.4, -0.2) is 22.6 Å². The standard InChI is InChI=1S/C16H14BrF3N2O3/c1-9(8-23)11-5-12(16(18,19)20)13(17)6-14(11)25-22-15(24)10-3-2-4-21-7-10/h2-7,9,23H,8H2,1H3,(H,22,24)/t9-/m0/s1. The van der Waals surface area contributed by atoms with E-state index in [1.54, 1.807) is 13.0 Å². The smallest absolute Gasteiger partial charge is 0.396 e. The highest BCUT2D eigenvalue weighted by Crippen LogP contribution is 2.40. The Balaban J connectivity index is 2.30. The van der Waals surface area contributed by atoms with Gasteiger partial charge in [0.1, 0.15) is 0 Å². The first kappa shape index (κ1) is 19.2. The van der Waals surface area contributed by atoms with Crippen LogP contribution >= 0.6 is 15.9 Å². The lowest BCUT2D eigenvalue weighted by atomic mass is 9.98. The zero-order valence-corrected chi connectivity index (χ0v) is 14.6. The number of carbonyl (C=O) groups is 1. The summed E-state index contributed by atoms with van der Waals surface area (Å²) in [5, 5.41) is 9.29. The lowest BCUT2D eigenvalue weighted by Crippen LogP contribution is -2.28. The molecule has 0 aliphatic heterocycles. The van der Waals surface area contributed by atoms with Crippen molar-refractivity contribution in [3.8, 4) is 5.75 Å². The molecule has 25 heavy (non-hydrogen) atoms. The molecule has 0 spiro atoms. The van der Waals surface area contributed by atoms with Gasteiger partial charge in [0.25, 0.3) is 5.91 Å². The number of benzene rings is 1. The molecule has 1 aromatic carbocycles. The molecule has 1 heterocycles. The highest BCUT2D eigenvalue weighted by molar-refractivity contribution is 9.10. The molecule has 2 aromatic rings. The summed E-state index contributed by atoms with van der Waals surface area (Å²) in [6, 6.07) is 5.05. The predicted molar refractivity (Wildman–Crippen MR) is 87.0 cm³/mol. The zero-order chi connectivity index (χ0) is 18.6. The van der Waals surface area contributed by atoms with Crippen molar-refractivity contribution in [3.63, 3.8) is 0 Å². The van der Waals surface area contributed by atoms with Gasteiger partial charge in [0.15, 0.2) is 5.75 Å². The van der Waals surface area contributed by atoms with Crippen LogP contribution in [0.2, 0.25) is 0 Å². The van der Waals surface area contributed by atoms with Gasteiger partial charge >= 0.3 is 6.18 Å². The Kier molecular flexibility index (Phi) is 6.02. The summed E-state index contributed by atoms with van der Waals surface area (Å²) in [5.74, 6) is -1.23. The van der Waals surface area contributed by atoms with Gasteiger partial charge in [-0.3, -0.25) is 9.78 Å². The molecule has 9 heteroatoms. The topological polar surface area (TPSA) is 71.5 Å². The van der Waals surface area contributed by atoms with Crippen LogP contribution in [0.5, 0.6) is 5.75 Å². The molecule has 0 aliphatic carbocycles. The van der Waals surface area contributed by atoms with Crippen LogP contribution in [-0.2, 0) is 6.18 Å². The number of halogens is 4. The van der Waals surface area contributed by atoms with Gasteiger partial charge in [0.05, 0.1) is 11.1 Å².